The molecule has 3 heterocycles. The van der Waals surface area contributed by atoms with Gasteiger partial charge in [0.05, 0.1) is 12.8 Å². The molecule has 0 saturated carbocycles. The highest BCUT2D eigenvalue weighted by Gasteiger charge is 2.42. The van der Waals surface area contributed by atoms with Crippen LogP contribution in [0.5, 0.6) is 0 Å². The van der Waals surface area contributed by atoms with Crippen LogP contribution in [-0.4, -0.2) is 64.1 Å². The molecule has 1 fully saturated rings. The van der Waals surface area contributed by atoms with Gasteiger partial charge in [0, 0.05) is 49.6 Å². The van der Waals surface area contributed by atoms with Gasteiger partial charge in [-0.1, -0.05) is 39.0 Å². The van der Waals surface area contributed by atoms with E-state index in [2.05, 4.69) is 37.3 Å². The lowest BCUT2D eigenvalue weighted by atomic mass is 9.87. The van der Waals surface area contributed by atoms with Crippen LogP contribution >= 0.6 is 0 Å². The van der Waals surface area contributed by atoms with Crippen molar-refractivity contribution in [3.05, 3.63) is 59.9 Å². The molecule has 0 aliphatic carbocycles. The molecule has 9 heteroatoms. The largest absolute Gasteiger partial charge is 0.459 e. The molecule has 1 aromatic carbocycles. The molecule has 1 aromatic heterocycles. The lowest BCUT2D eigenvalue weighted by Gasteiger charge is -2.37. The first-order valence-corrected chi connectivity index (χ1v) is 12.1. The van der Waals surface area contributed by atoms with Crippen LogP contribution in [0.1, 0.15) is 50.8 Å². The Hall–Kier alpha value is -4.06. The number of carbonyl (C=O) groups is 3. The Kier molecular flexibility index (Phi) is 7.15. The van der Waals surface area contributed by atoms with Crippen LogP contribution in [-0.2, 0) is 19.8 Å². The molecule has 36 heavy (non-hydrogen) atoms. The summed E-state index contributed by atoms with van der Waals surface area (Å²) in [6.45, 7) is 6.92. The SMILES string of the molecule is CC(C)(C)c1ccc(N(C(=O)[C@H]2CCC=[N+]2C#N)C(C(=O)N2CCNC(=O)C2)c2cccnc2)cc1. The number of nitrogens with one attached hydrogen (secondary N) is 1. The zero-order valence-corrected chi connectivity index (χ0v) is 20.8. The molecular formula is C27H31N6O3+. The molecule has 9 nitrogen and oxygen atoms in total. The van der Waals surface area contributed by atoms with E-state index in [1.165, 1.54) is 14.4 Å². The summed E-state index contributed by atoms with van der Waals surface area (Å²) in [7, 11) is 0. The number of nitriles is 1. The fourth-order valence-corrected chi connectivity index (χ4v) is 4.62. The van der Waals surface area contributed by atoms with Crippen molar-refractivity contribution in [2.45, 2.75) is 51.1 Å². The van der Waals surface area contributed by atoms with Crippen molar-refractivity contribution < 1.29 is 19.0 Å². The number of hydrogen-bond donors (Lipinski definition) is 1. The van der Waals surface area contributed by atoms with Gasteiger partial charge in [-0.05, 0) is 29.2 Å². The zero-order chi connectivity index (χ0) is 25.9. The quantitative estimate of drug-likeness (QED) is 0.513. The number of pyridine rings is 1. The molecule has 2 atom stereocenters. The minimum absolute atomic E-state index is 0.0812. The first-order chi connectivity index (χ1) is 17.2. The van der Waals surface area contributed by atoms with Gasteiger partial charge in [0.1, 0.15) is 6.04 Å². The van der Waals surface area contributed by atoms with Crippen LogP contribution in [0.3, 0.4) is 0 Å². The topological polar surface area (TPSA) is 109 Å². The van der Waals surface area contributed by atoms with Crippen molar-refractivity contribution in [2.24, 2.45) is 0 Å². The van der Waals surface area contributed by atoms with E-state index in [0.717, 1.165) is 5.56 Å². The molecule has 1 N–H and O–H groups in total. The highest BCUT2D eigenvalue weighted by molar-refractivity contribution is 6.04. The predicted molar refractivity (Wildman–Crippen MR) is 134 cm³/mol. The number of rotatable bonds is 5. The third kappa shape index (κ3) is 5.13. The van der Waals surface area contributed by atoms with Crippen molar-refractivity contribution in [2.75, 3.05) is 24.5 Å². The molecule has 0 bridgehead atoms. The van der Waals surface area contributed by atoms with Gasteiger partial charge in [0.25, 0.3) is 11.8 Å². The van der Waals surface area contributed by atoms with Gasteiger partial charge in [0.2, 0.25) is 5.91 Å². The Morgan fingerprint density at radius 3 is 2.61 bits per heavy atom. The molecule has 0 spiro atoms. The number of benzene rings is 1. The summed E-state index contributed by atoms with van der Waals surface area (Å²) >= 11 is 0. The molecule has 2 aliphatic rings. The minimum atomic E-state index is -1.04. The molecular weight excluding hydrogens is 456 g/mol. The summed E-state index contributed by atoms with van der Waals surface area (Å²) in [5, 5.41) is 12.3. The van der Waals surface area contributed by atoms with Crippen LogP contribution in [0, 0.1) is 11.5 Å². The lowest BCUT2D eigenvalue weighted by Crippen LogP contribution is -2.55. The third-order valence-corrected chi connectivity index (χ3v) is 6.59. The zero-order valence-electron chi connectivity index (χ0n) is 20.8. The van der Waals surface area contributed by atoms with Crippen molar-refractivity contribution in [3.8, 4) is 6.19 Å². The van der Waals surface area contributed by atoms with Gasteiger partial charge in [-0.3, -0.25) is 24.3 Å². The van der Waals surface area contributed by atoms with Crippen LogP contribution in [0.25, 0.3) is 0 Å². The smallest absolute Gasteiger partial charge is 0.353 e. The maximum absolute atomic E-state index is 14.1. The molecule has 186 valence electrons. The normalized spacial score (nSPS) is 18.6. The van der Waals surface area contributed by atoms with Gasteiger partial charge < -0.3 is 10.2 Å². The van der Waals surface area contributed by atoms with Gasteiger partial charge in [-0.2, -0.15) is 4.58 Å². The number of amides is 3. The van der Waals surface area contributed by atoms with Crippen molar-refractivity contribution in [1.82, 2.24) is 15.2 Å². The number of aromatic nitrogens is 1. The lowest BCUT2D eigenvalue weighted by molar-refractivity contribution is -0.454. The maximum atomic E-state index is 14.1. The monoisotopic (exact) mass is 487 g/mol. The fourth-order valence-electron chi connectivity index (χ4n) is 4.62. The predicted octanol–water partition coefficient (Wildman–Crippen LogP) is 2.14. The molecule has 1 saturated heterocycles. The Labute approximate surface area is 211 Å². The number of piperazine rings is 1. The van der Waals surface area contributed by atoms with Gasteiger partial charge in [-0.15, -0.1) is 0 Å². The summed E-state index contributed by atoms with van der Waals surface area (Å²) in [5.41, 5.74) is 2.07. The second kappa shape index (κ2) is 10.3. The van der Waals surface area contributed by atoms with Gasteiger partial charge in [0.15, 0.2) is 11.3 Å². The van der Waals surface area contributed by atoms with E-state index >= 15 is 0 Å². The van der Waals surface area contributed by atoms with E-state index < -0.39 is 12.1 Å². The molecule has 3 amide bonds. The third-order valence-electron chi connectivity index (χ3n) is 6.59. The fraction of sp³-hybridized carbons (Fsp3) is 0.407. The Balaban J connectivity index is 1.84. The van der Waals surface area contributed by atoms with Crippen LogP contribution in [0.2, 0.25) is 0 Å². The van der Waals surface area contributed by atoms with E-state index in [4.69, 9.17) is 0 Å². The molecule has 4 rings (SSSR count). The molecule has 1 unspecified atom stereocenters. The highest BCUT2D eigenvalue weighted by atomic mass is 16.2. The first kappa shape index (κ1) is 25.0. The minimum Gasteiger partial charge on any atom is -0.353 e. The molecule has 2 aliphatic heterocycles. The van der Waals surface area contributed by atoms with E-state index in [0.29, 0.717) is 37.2 Å². The maximum Gasteiger partial charge on any atom is 0.459 e. The second-order valence-electron chi connectivity index (χ2n) is 10.1. The first-order valence-electron chi connectivity index (χ1n) is 12.1. The summed E-state index contributed by atoms with van der Waals surface area (Å²) in [6, 6.07) is 9.31. The Morgan fingerprint density at radius 2 is 2.00 bits per heavy atom. The van der Waals surface area contributed by atoms with Crippen LogP contribution in [0.15, 0.2) is 48.8 Å². The summed E-state index contributed by atoms with van der Waals surface area (Å²) in [5.74, 6) is -0.956. The highest BCUT2D eigenvalue weighted by Crippen LogP contribution is 2.33. The van der Waals surface area contributed by atoms with Gasteiger partial charge >= 0.3 is 6.19 Å². The summed E-state index contributed by atoms with van der Waals surface area (Å²) in [6.07, 6.45) is 8.03. The van der Waals surface area contributed by atoms with E-state index in [1.54, 1.807) is 30.7 Å². The second-order valence-corrected chi connectivity index (χ2v) is 10.1. The Bertz CT molecular complexity index is 1210. The van der Waals surface area contributed by atoms with E-state index in [9.17, 15) is 19.6 Å². The number of hydrogen-bond acceptors (Lipinski definition) is 5. The summed E-state index contributed by atoms with van der Waals surface area (Å²) in [4.78, 5) is 47.3. The van der Waals surface area contributed by atoms with Crippen molar-refractivity contribution >= 4 is 29.6 Å². The average Bonchev–Trinajstić information content (AvgIpc) is 3.36. The molecule has 0 radical (unpaired) electrons. The summed E-state index contributed by atoms with van der Waals surface area (Å²) < 4.78 is 1.36. The average molecular weight is 488 g/mol. The van der Waals surface area contributed by atoms with E-state index in [1.807, 2.05) is 24.3 Å². The van der Waals surface area contributed by atoms with E-state index in [-0.39, 0.29) is 29.7 Å². The molecule has 2 aromatic rings. The van der Waals surface area contributed by atoms with Crippen molar-refractivity contribution in [3.63, 3.8) is 0 Å². The standard InChI is InChI=1S/C27H30N6O3/c1-27(2,3)20-8-10-21(11-9-20)33(25(35)22-7-5-14-32(22)18-28)24(19-6-4-12-29-16-19)26(36)31-15-13-30-23(34)17-31/h4,6,8-12,14,16,22,24H,5,7,13,15,17H2,1-3H3/p+1/t22-,24?/m1/s1. The van der Waals surface area contributed by atoms with Gasteiger partial charge in [-0.25, -0.2) is 0 Å². The number of carbonyl (C=O) groups excluding carboxylic acids is 3. The number of anilines is 1. The Morgan fingerprint density at radius 1 is 1.25 bits per heavy atom. The number of nitrogens with zero attached hydrogens (tertiary/aromatic N) is 5. The van der Waals surface area contributed by atoms with Crippen LogP contribution in [0.4, 0.5) is 5.69 Å². The van der Waals surface area contributed by atoms with Crippen LogP contribution < -0.4 is 10.2 Å². The van der Waals surface area contributed by atoms with Crippen molar-refractivity contribution in [1.29, 1.82) is 5.26 Å².